The highest BCUT2D eigenvalue weighted by molar-refractivity contribution is 6.08. The smallest absolute Gasteiger partial charge is 0.175 e. The Morgan fingerprint density at radius 2 is 1.82 bits per heavy atom. The Hall–Kier alpha value is -4.06. The van der Waals surface area contributed by atoms with Gasteiger partial charge in [0.2, 0.25) is 0 Å². The topological polar surface area (TPSA) is 65.8 Å². The van der Waals surface area contributed by atoms with Crippen LogP contribution in [0.3, 0.4) is 0 Å². The summed E-state index contributed by atoms with van der Waals surface area (Å²) in [7, 11) is 0. The van der Waals surface area contributed by atoms with Crippen LogP contribution in [-0.2, 0) is 6.54 Å². The molecule has 1 unspecified atom stereocenters. The van der Waals surface area contributed by atoms with E-state index in [9.17, 15) is 0 Å². The van der Waals surface area contributed by atoms with Gasteiger partial charge in [0.1, 0.15) is 5.71 Å². The summed E-state index contributed by atoms with van der Waals surface area (Å²) < 4.78 is 0. The maximum Gasteiger partial charge on any atom is 0.175 e. The quantitative estimate of drug-likeness (QED) is 0.577. The largest absolute Gasteiger partial charge is 0.353 e. The van der Waals surface area contributed by atoms with Crippen LogP contribution in [0, 0.1) is 6.92 Å². The highest BCUT2D eigenvalue weighted by atomic mass is 15.5. The molecule has 0 saturated carbocycles. The minimum absolute atomic E-state index is 0.0950. The fourth-order valence-corrected chi connectivity index (χ4v) is 4.08. The molecule has 1 atom stereocenters. The first kappa shape index (κ1) is 20.8. The minimum atomic E-state index is 0.0950. The van der Waals surface area contributed by atoms with E-state index in [0.717, 1.165) is 47.9 Å². The first-order chi connectivity index (χ1) is 16.2. The van der Waals surface area contributed by atoms with Crippen LogP contribution in [0.5, 0.6) is 0 Å². The molecule has 1 aromatic heterocycles. The monoisotopic (exact) mass is 434 g/mol. The average Bonchev–Trinajstić information content (AvgIpc) is 3.52. The lowest BCUT2D eigenvalue weighted by Gasteiger charge is -2.23. The molecule has 6 heteroatoms. The molecule has 0 bridgehead atoms. The SMILES string of the molecule is C=C(Nc1cnc(C2=NN(Cc3ccccc3C)C(C3=NCC=C3)C2)nc1)c1ccccc1. The number of rotatable bonds is 7. The van der Waals surface area contributed by atoms with Crippen molar-refractivity contribution in [3.05, 3.63) is 108 Å². The third-order valence-electron chi connectivity index (χ3n) is 5.93. The molecule has 5 rings (SSSR count). The van der Waals surface area contributed by atoms with Crippen LogP contribution in [0.1, 0.15) is 28.9 Å². The lowest BCUT2D eigenvalue weighted by molar-refractivity contribution is 0.271. The standard InChI is InChI=1S/C27H26N6/c1-19-9-6-7-12-22(19)18-33-26(24-13-8-14-28-24)15-25(32-33)27-29-16-23(17-30-27)31-20(2)21-10-4-3-5-11-21/h3-13,16-17,26,31H,2,14-15,18H2,1H3. The third-order valence-corrected chi connectivity index (χ3v) is 5.93. The fourth-order valence-electron chi connectivity index (χ4n) is 4.08. The van der Waals surface area contributed by atoms with Crippen molar-refractivity contribution in [3.8, 4) is 0 Å². The van der Waals surface area contributed by atoms with Crippen LogP contribution < -0.4 is 5.32 Å². The summed E-state index contributed by atoms with van der Waals surface area (Å²) in [5.41, 5.74) is 7.10. The first-order valence-corrected chi connectivity index (χ1v) is 11.1. The number of hydrogen-bond donors (Lipinski definition) is 1. The Kier molecular flexibility index (Phi) is 5.81. The fraction of sp³-hybridized carbons (Fsp3) is 0.185. The molecule has 0 fully saturated rings. The molecule has 6 nitrogen and oxygen atoms in total. The second kappa shape index (κ2) is 9.20. The lowest BCUT2D eigenvalue weighted by atomic mass is 10.0. The number of anilines is 1. The number of aliphatic imine (C=N–C) groups is 1. The van der Waals surface area contributed by atoms with Gasteiger partial charge < -0.3 is 5.32 Å². The molecule has 0 spiro atoms. The van der Waals surface area contributed by atoms with Gasteiger partial charge >= 0.3 is 0 Å². The van der Waals surface area contributed by atoms with E-state index in [2.05, 4.69) is 75.2 Å². The summed E-state index contributed by atoms with van der Waals surface area (Å²) in [4.78, 5) is 13.9. The molecule has 0 saturated heterocycles. The highest BCUT2D eigenvalue weighted by Gasteiger charge is 2.32. The Morgan fingerprint density at radius 3 is 2.55 bits per heavy atom. The van der Waals surface area contributed by atoms with Crippen molar-refractivity contribution in [1.82, 2.24) is 15.0 Å². The molecular weight excluding hydrogens is 408 g/mol. The van der Waals surface area contributed by atoms with Crippen molar-refractivity contribution in [1.29, 1.82) is 0 Å². The Bertz CT molecular complexity index is 1240. The van der Waals surface area contributed by atoms with Gasteiger partial charge in [-0.25, -0.2) is 9.97 Å². The molecule has 2 aromatic carbocycles. The van der Waals surface area contributed by atoms with Gasteiger partial charge in [0, 0.05) is 12.1 Å². The van der Waals surface area contributed by atoms with Crippen molar-refractivity contribution in [2.45, 2.75) is 25.9 Å². The second-order valence-corrected chi connectivity index (χ2v) is 8.22. The number of nitrogens with one attached hydrogen (secondary N) is 1. The van der Waals surface area contributed by atoms with E-state index in [1.54, 1.807) is 12.4 Å². The summed E-state index contributed by atoms with van der Waals surface area (Å²) in [6.45, 7) is 7.71. The molecule has 164 valence electrons. The molecule has 2 aliphatic rings. The van der Waals surface area contributed by atoms with Gasteiger partial charge in [0.25, 0.3) is 0 Å². The van der Waals surface area contributed by atoms with Gasteiger partial charge in [-0.2, -0.15) is 5.10 Å². The first-order valence-electron chi connectivity index (χ1n) is 11.1. The van der Waals surface area contributed by atoms with Crippen molar-refractivity contribution in [3.63, 3.8) is 0 Å². The van der Waals surface area contributed by atoms with Crippen LogP contribution in [-0.4, -0.2) is 39.0 Å². The summed E-state index contributed by atoms with van der Waals surface area (Å²) in [5, 5.41) is 10.3. The number of nitrogens with zero attached hydrogens (tertiary/aromatic N) is 5. The van der Waals surface area contributed by atoms with E-state index in [1.807, 2.05) is 30.3 Å². The molecule has 0 amide bonds. The normalized spacial score (nSPS) is 17.1. The zero-order valence-electron chi connectivity index (χ0n) is 18.6. The number of hydrogen-bond acceptors (Lipinski definition) is 6. The van der Waals surface area contributed by atoms with Gasteiger partial charge in [-0.3, -0.25) is 10.0 Å². The predicted octanol–water partition coefficient (Wildman–Crippen LogP) is 4.86. The van der Waals surface area contributed by atoms with Gasteiger partial charge in [-0.1, -0.05) is 67.3 Å². The maximum atomic E-state index is 4.93. The molecule has 3 aromatic rings. The molecule has 0 aliphatic carbocycles. The van der Waals surface area contributed by atoms with Gasteiger partial charge in [-0.05, 0) is 29.7 Å². The summed E-state index contributed by atoms with van der Waals surface area (Å²) in [6, 6.07) is 18.5. The molecule has 2 aliphatic heterocycles. The van der Waals surface area contributed by atoms with Gasteiger partial charge in [-0.15, -0.1) is 0 Å². The summed E-state index contributed by atoms with van der Waals surface area (Å²) in [6.07, 6.45) is 8.50. The Labute approximate surface area is 194 Å². The van der Waals surface area contributed by atoms with Crippen LogP contribution in [0.4, 0.5) is 5.69 Å². The van der Waals surface area contributed by atoms with E-state index >= 15 is 0 Å². The van der Waals surface area contributed by atoms with E-state index in [0.29, 0.717) is 5.82 Å². The number of aryl methyl sites for hydroxylation is 1. The molecule has 33 heavy (non-hydrogen) atoms. The number of aromatic nitrogens is 2. The van der Waals surface area contributed by atoms with Gasteiger partial charge in [0.05, 0.1) is 42.9 Å². The Morgan fingerprint density at radius 1 is 1.06 bits per heavy atom. The van der Waals surface area contributed by atoms with E-state index in [4.69, 9.17) is 5.10 Å². The zero-order valence-corrected chi connectivity index (χ0v) is 18.6. The molecule has 0 radical (unpaired) electrons. The molecular formula is C27H26N6. The van der Waals surface area contributed by atoms with Crippen LogP contribution in [0.25, 0.3) is 5.70 Å². The lowest BCUT2D eigenvalue weighted by Crippen LogP contribution is -2.33. The summed E-state index contributed by atoms with van der Waals surface area (Å²) in [5.74, 6) is 0.644. The van der Waals surface area contributed by atoms with Crippen molar-refractivity contribution >= 4 is 22.8 Å². The van der Waals surface area contributed by atoms with Gasteiger partial charge in [0.15, 0.2) is 5.82 Å². The van der Waals surface area contributed by atoms with E-state index < -0.39 is 0 Å². The molecule has 3 heterocycles. The number of benzene rings is 2. The van der Waals surface area contributed by atoms with Crippen LogP contribution in [0.2, 0.25) is 0 Å². The average molecular weight is 435 g/mol. The van der Waals surface area contributed by atoms with Crippen molar-refractivity contribution < 1.29 is 0 Å². The van der Waals surface area contributed by atoms with E-state index in [-0.39, 0.29) is 6.04 Å². The second-order valence-electron chi connectivity index (χ2n) is 8.22. The number of hydrazone groups is 1. The van der Waals surface area contributed by atoms with Crippen molar-refractivity contribution in [2.24, 2.45) is 10.1 Å². The van der Waals surface area contributed by atoms with Crippen LogP contribution in [0.15, 0.2) is 95.8 Å². The zero-order chi connectivity index (χ0) is 22.6. The van der Waals surface area contributed by atoms with E-state index in [1.165, 1.54) is 11.1 Å². The molecule has 1 N–H and O–H groups in total. The summed E-state index contributed by atoms with van der Waals surface area (Å²) >= 11 is 0. The third kappa shape index (κ3) is 4.60. The Balaban J connectivity index is 1.35. The van der Waals surface area contributed by atoms with Crippen molar-refractivity contribution in [2.75, 3.05) is 11.9 Å². The highest BCUT2D eigenvalue weighted by Crippen LogP contribution is 2.25. The predicted molar refractivity (Wildman–Crippen MR) is 134 cm³/mol. The maximum absolute atomic E-state index is 4.93. The minimum Gasteiger partial charge on any atom is -0.353 e. The van der Waals surface area contributed by atoms with Crippen LogP contribution >= 0.6 is 0 Å².